The van der Waals surface area contributed by atoms with Gasteiger partial charge in [-0.25, -0.2) is 0 Å². The van der Waals surface area contributed by atoms with Crippen molar-refractivity contribution in [3.63, 3.8) is 0 Å². The van der Waals surface area contributed by atoms with Crippen molar-refractivity contribution in [1.82, 2.24) is 9.88 Å². The van der Waals surface area contributed by atoms with Crippen molar-refractivity contribution in [3.8, 4) is 0 Å². The highest BCUT2D eigenvalue weighted by Gasteiger charge is 2.62. The first-order valence-corrected chi connectivity index (χ1v) is 10.8. The summed E-state index contributed by atoms with van der Waals surface area (Å²) in [7, 11) is 0. The Kier molecular flexibility index (Phi) is 4.91. The first-order valence-electron chi connectivity index (χ1n) is 10.8. The molecule has 4 fully saturated rings. The van der Waals surface area contributed by atoms with Crippen LogP contribution in [-0.4, -0.2) is 64.6 Å². The highest BCUT2D eigenvalue weighted by atomic mass is 16.9. The van der Waals surface area contributed by atoms with Gasteiger partial charge in [-0.1, -0.05) is 6.07 Å². The van der Waals surface area contributed by atoms with Crippen molar-refractivity contribution in [2.75, 3.05) is 6.54 Å². The minimum atomic E-state index is -0.827. The van der Waals surface area contributed by atoms with Crippen molar-refractivity contribution in [3.05, 3.63) is 30.1 Å². The van der Waals surface area contributed by atoms with Gasteiger partial charge in [0.25, 0.3) is 5.91 Å². The Hall–Kier alpha value is -1.58. The van der Waals surface area contributed by atoms with Crippen LogP contribution in [0.25, 0.3) is 0 Å². The summed E-state index contributed by atoms with van der Waals surface area (Å²) in [5, 5.41) is 0. The molecule has 30 heavy (non-hydrogen) atoms. The molecule has 0 spiro atoms. The third-order valence-electron chi connectivity index (χ3n) is 6.25. The molecule has 0 unspecified atom stereocenters. The van der Waals surface area contributed by atoms with E-state index in [1.807, 2.05) is 50.9 Å². The second kappa shape index (κ2) is 7.24. The fourth-order valence-electron chi connectivity index (χ4n) is 5.09. The van der Waals surface area contributed by atoms with Gasteiger partial charge in [-0.2, -0.15) is 0 Å². The number of fused-ring (bicyclic) bond motifs is 3. The number of ether oxygens (including phenoxy) is 5. The van der Waals surface area contributed by atoms with E-state index < -0.39 is 42.3 Å². The number of nitrogens with zero attached hydrogens (tertiary/aromatic N) is 2. The zero-order valence-corrected chi connectivity index (χ0v) is 17.9. The summed E-state index contributed by atoms with van der Waals surface area (Å²) in [4.78, 5) is 20.0. The Morgan fingerprint density at radius 1 is 1.03 bits per heavy atom. The predicted octanol–water partition coefficient (Wildman–Crippen LogP) is 2.53. The van der Waals surface area contributed by atoms with Crippen LogP contribution in [0.3, 0.4) is 0 Å². The normalized spacial score (nSPS) is 39.4. The van der Waals surface area contributed by atoms with E-state index in [1.165, 1.54) is 0 Å². The molecule has 6 atom stereocenters. The lowest BCUT2D eigenvalue weighted by Gasteiger charge is -2.42. The van der Waals surface area contributed by atoms with Crippen LogP contribution in [0, 0.1) is 0 Å². The molecule has 0 aliphatic carbocycles. The topological polar surface area (TPSA) is 79.4 Å². The molecule has 0 bridgehead atoms. The van der Waals surface area contributed by atoms with Gasteiger partial charge in [-0.15, -0.1) is 0 Å². The summed E-state index contributed by atoms with van der Waals surface area (Å²) in [5.41, 5.74) is 1.04. The van der Waals surface area contributed by atoms with Crippen LogP contribution in [0.1, 0.15) is 58.6 Å². The standard InChI is InChI=1S/C22H30N2O6/c1-21(2)27-15-16(28-21)18-20(30-22(3,4)29-18)26-17(15)19(25)24-11-6-5-9-14(24)13-8-7-10-23-12-13/h7-8,10,12,14-18,20H,5-6,9,11H2,1-4H3/t14-,15+,16-,17-,18+,20+/m0/s1. The maximum Gasteiger partial charge on any atom is 0.255 e. The Balaban J connectivity index is 1.44. The minimum Gasteiger partial charge on any atom is -0.342 e. The number of carbonyl (C=O) groups excluding carboxylic acids is 1. The molecule has 5 heterocycles. The van der Waals surface area contributed by atoms with Gasteiger partial charge in [0.05, 0.1) is 6.04 Å². The quantitative estimate of drug-likeness (QED) is 0.730. The van der Waals surface area contributed by atoms with E-state index in [-0.39, 0.29) is 11.9 Å². The molecule has 164 valence electrons. The van der Waals surface area contributed by atoms with E-state index in [2.05, 4.69) is 4.98 Å². The summed E-state index contributed by atoms with van der Waals surface area (Å²) >= 11 is 0. The van der Waals surface area contributed by atoms with E-state index in [0.29, 0.717) is 6.54 Å². The molecule has 0 N–H and O–H groups in total. The number of amides is 1. The van der Waals surface area contributed by atoms with Crippen molar-refractivity contribution in [2.24, 2.45) is 0 Å². The third kappa shape index (κ3) is 3.54. The zero-order chi connectivity index (χ0) is 21.1. The van der Waals surface area contributed by atoms with Gasteiger partial charge >= 0.3 is 0 Å². The largest absolute Gasteiger partial charge is 0.342 e. The van der Waals surface area contributed by atoms with E-state index in [0.717, 1.165) is 24.8 Å². The molecule has 0 saturated carbocycles. The number of likely N-dealkylation sites (tertiary alicyclic amines) is 1. The van der Waals surface area contributed by atoms with Gasteiger partial charge in [-0.05, 0) is 58.6 Å². The van der Waals surface area contributed by atoms with Gasteiger partial charge in [-0.3, -0.25) is 9.78 Å². The highest BCUT2D eigenvalue weighted by molar-refractivity contribution is 5.82. The molecule has 1 amide bonds. The van der Waals surface area contributed by atoms with Crippen molar-refractivity contribution in [1.29, 1.82) is 0 Å². The van der Waals surface area contributed by atoms with Gasteiger partial charge in [0, 0.05) is 18.9 Å². The van der Waals surface area contributed by atoms with Crippen molar-refractivity contribution < 1.29 is 28.5 Å². The molecular weight excluding hydrogens is 388 g/mol. The second-order valence-electron chi connectivity index (χ2n) is 9.42. The minimum absolute atomic E-state index is 0.0211. The Morgan fingerprint density at radius 2 is 1.77 bits per heavy atom. The SMILES string of the molecule is CC1(C)O[C@H]2[C@@H](O1)[C@@H](C(=O)N1CCCC[C@H]1c1cccnc1)O[C@@H]1OC(C)(C)O[C@@H]12. The smallest absolute Gasteiger partial charge is 0.255 e. The average molecular weight is 418 g/mol. The summed E-state index contributed by atoms with van der Waals surface area (Å²) in [6.45, 7) is 8.05. The van der Waals surface area contributed by atoms with Crippen LogP contribution >= 0.6 is 0 Å². The van der Waals surface area contributed by atoms with Crippen LogP contribution in [0.4, 0.5) is 0 Å². The average Bonchev–Trinajstić information content (AvgIpc) is 3.21. The molecule has 0 aromatic carbocycles. The first kappa shape index (κ1) is 20.3. The first-order chi connectivity index (χ1) is 14.2. The number of pyridine rings is 1. The van der Waals surface area contributed by atoms with Crippen LogP contribution in [0.2, 0.25) is 0 Å². The number of aromatic nitrogens is 1. The van der Waals surface area contributed by atoms with Crippen molar-refractivity contribution in [2.45, 2.75) is 95.3 Å². The number of hydrogen-bond acceptors (Lipinski definition) is 7. The Labute approximate surface area is 176 Å². The second-order valence-corrected chi connectivity index (χ2v) is 9.42. The number of rotatable bonds is 2. The molecule has 8 heteroatoms. The van der Waals surface area contributed by atoms with Gasteiger partial charge in [0.15, 0.2) is 24.0 Å². The number of piperidine rings is 1. The lowest BCUT2D eigenvalue weighted by atomic mass is 9.93. The number of hydrogen-bond donors (Lipinski definition) is 0. The number of carbonyl (C=O) groups is 1. The third-order valence-corrected chi connectivity index (χ3v) is 6.25. The van der Waals surface area contributed by atoms with Gasteiger partial charge in [0.1, 0.15) is 18.3 Å². The van der Waals surface area contributed by atoms with E-state index in [4.69, 9.17) is 23.7 Å². The monoisotopic (exact) mass is 418 g/mol. The molecule has 4 aliphatic rings. The molecule has 8 nitrogen and oxygen atoms in total. The van der Waals surface area contributed by atoms with Crippen LogP contribution in [-0.2, 0) is 28.5 Å². The van der Waals surface area contributed by atoms with E-state index >= 15 is 0 Å². The highest BCUT2D eigenvalue weighted by Crippen LogP contribution is 2.45. The Bertz CT molecular complexity index is 800. The zero-order valence-electron chi connectivity index (χ0n) is 17.9. The molecule has 4 saturated heterocycles. The predicted molar refractivity (Wildman–Crippen MR) is 105 cm³/mol. The van der Waals surface area contributed by atoms with Crippen LogP contribution in [0.5, 0.6) is 0 Å². The lowest BCUT2D eigenvalue weighted by molar-refractivity contribution is -0.235. The van der Waals surface area contributed by atoms with Crippen LogP contribution < -0.4 is 0 Å². The summed E-state index contributed by atoms with van der Waals surface area (Å²) in [5.74, 6) is -1.73. The van der Waals surface area contributed by atoms with E-state index in [1.54, 1.807) is 6.20 Å². The van der Waals surface area contributed by atoms with E-state index in [9.17, 15) is 4.79 Å². The maximum atomic E-state index is 13.8. The summed E-state index contributed by atoms with van der Waals surface area (Å²) in [6.07, 6.45) is 3.62. The molecular formula is C22H30N2O6. The van der Waals surface area contributed by atoms with Gasteiger partial charge in [0.2, 0.25) is 0 Å². The maximum absolute atomic E-state index is 13.8. The Morgan fingerprint density at radius 3 is 2.53 bits per heavy atom. The molecule has 1 aromatic rings. The fraction of sp³-hybridized carbons (Fsp3) is 0.727. The van der Waals surface area contributed by atoms with Gasteiger partial charge < -0.3 is 28.6 Å². The fourth-order valence-corrected chi connectivity index (χ4v) is 5.09. The molecule has 1 aromatic heterocycles. The summed E-state index contributed by atoms with van der Waals surface area (Å²) in [6, 6.07) is 3.91. The lowest BCUT2D eigenvalue weighted by Crippen LogP contribution is -2.60. The molecule has 4 aliphatic heterocycles. The molecule has 0 radical (unpaired) electrons. The summed E-state index contributed by atoms with van der Waals surface area (Å²) < 4.78 is 30.5. The van der Waals surface area contributed by atoms with Crippen LogP contribution in [0.15, 0.2) is 24.5 Å². The van der Waals surface area contributed by atoms with Crippen molar-refractivity contribution >= 4 is 5.91 Å². The molecule has 5 rings (SSSR count).